The Morgan fingerprint density at radius 3 is 2.42 bits per heavy atom. The van der Waals surface area contributed by atoms with Crippen LogP contribution < -0.4 is 0 Å². The van der Waals surface area contributed by atoms with E-state index in [2.05, 4.69) is 10.3 Å². The van der Waals surface area contributed by atoms with Crippen molar-refractivity contribution in [2.75, 3.05) is 19.6 Å². The summed E-state index contributed by atoms with van der Waals surface area (Å²) in [6.45, 7) is 7.75. The number of benzene rings is 2. The molecule has 12 heteroatoms. The van der Waals surface area contributed by atoms with E-state index in [1.807, 2.05) is 59.6 Å². The molecule has 2 amide bonds. The Hall–Kier alpha value is -3.76. The van der Waals surface area contributed by atoms with E-state index in [1.54, 1.807) is 23.0 Å². The first-order valence-electron chi connectivity index (χ1n) is 14.3. The van der Waals surface area contributed by atoms with Crippen LogP contribution in [0.3, 0.4) is 0 Å². The smallest absolute Gasteiger partial charge is 0.257 e. The fourth-order valence-electron chi connectivity index (χ4n) is 5.79. The van der Waals surface area contributed by atoms with Crippen LogP contribution in [0.15, 0.2) is 54.9 Å². The third kappa shape index (κ3) is 5.65. The van der Waals surface area contributed by atoms with E-state index in [9.17, 15) is 14.0 Å². The highest BCUT2D eigenvalue weighted by Crippen LogP contribution is 2.34. The van der Waals surface area contributed by atoms with Gasteiger partial charge in [-0.05, 0) is 58.2 Å². The van der Waals surface area contributed by atoms with Gasteiger partial charge in [0.05, 0.1) is 27.3 Å². The van der Waals surface area contributed by atoms with Gasteiger partial charge in [0.15, 0.2) is 0 Å². The molecule has 4 heterocycles. The molecule has 2 aromatic carbocycles. The van der Waals surface area contributed by atoms with Crippen molar-refractivity contribution in [2.45, 2.75) is 57.7 Å². The molecule has 2 aromatic heterocycles. The number of carbonyl (C=O) groups is 2. The summed E-state index contributed by atoms with van der Waals surface area (Å²) in [5, 5.41) is 13.7. The number of hydrogen-bond acceptors (Lipinski definition) is 5. The first kappa shape index (κ1) is 29.3. The normalized spacial score (nSPS) is 18.1. The number of likely N-dealkylation sites (tertiary alicyclic amines) is 2. The lowest BCUT2D eigenvalue weighted by atomic mass is 10.0. The van der Waals surface area contributed by atoms with Crippen molar-refractivity contribution in [2.24, 2.45) is 0 Å². The fourth-order valence-corrected chi connectivity index (χ4v) is 6.13. The maximum Gasteiger partial charge on any atom is 0.257 e. The van der Waals surface area contributed by atoms with E-state index in [4.69, 9.17) is 28.3 Å². The summed E-state index contributed by atoms with van der Waals surface area (Å²) in [5.41, 5.74) is 2.50. The van der Waals surface area contributed by atoms with Crippen molar-refractivity contribution >= 4 is 35.0 Å². The summed E-state index contributed by atoms with van der Waals surface area (Å²) >= 11 is 12.3. The zero-order valence-electron chi connectivity index (χ0n) is 24.2. The third-order valence-electron chi connectivity index (χ3n) is 8.21. The summed E-state index contributed by atoms with van der Waals surface area (Å²) in [6, 6.07) is 11.4. The first-order valence-corrected chi connectivity index (χ1v) is 15.1. The molecule has 0 bridgehead atoms. The largest absolute Gasteiger partial charge is 0.338 e. The average Bonchev–Trinajstić information content (AvgIpc) is 3.73. The van der Waals surface area contributed by atoms with Gasteiger partial charge in [0, 0.05) is 43.0 Å². The van der Waals surface area contributed by atoms with E-state index < -0.39 is 11.9 Å². The molecule has 4 aromatic rings. The number of hydrogen-bond donors (Lipinski definition) is 0. The number of piperidine rings is 1. The Morgan fingerprint density at radius 2 is 1.72 bits per heavy atom. The molecule has 0 spiro atoms. The Morgan fingerprint density at radius 1 is 0.977 bits per heavy atom. The van der Waals surface area contributed by atoms with Crippen LogP contribution in [0.5, 0.6) is 0 Å². The van der Waals surface area contributed by atoms with E-state index in [0.29, 0.717) is 66.4 Å². The molecule has 9 nitrogen and oxygen atoms in total. The van der Waals surface area contributed by atoms with Gasteiger partial charge in [0.25, 0.3) is 5.91 Å². The molecule has 1 unspecified atom stereocenters. The molecule has 0 radical (unpaired) electrons. The van der Waals surface area contributed by atoms with Crippen LogP contribution in [0.2, 0.25) is 10.0 Å². The Bertz CT molecular complexity index is 1690. The van der Waals surface area contributed by atoms with Crippen molar-refractivity contribution in [3.8, 4) is 22.5 Å². The Labute approximate surface area is 259 Å². The van der Waals surface area contributed by atoms with Crippen LogP contribution >= 0.6 is 23.2 Å². The molecular weight excluding hydrogens is 592 g/mol. The molecule has 2 saturated heterocycles. The summed E-state index contributed by atoms with van der Waals surface area (Å²) in [4.78, 5) is 31.1. The number of carbonyl (C=O) groups excluding carboxylic acids is 2. The van der Waals surface area contributed by atoms with Gasteiger partial charge in [-0.1, -0.05) is 52.7 Å². The average molecular weight is 625 g/mol. The SMILES string of the molecule is CC(C)(C)n1cc(C(=O)N2CCC(N3CCC(n4cc(-c5ccc(Cl)c(F)c5)nn4)C3=O)CC2)c(-c2ccccc2Cl)n1. The second-order valence-electron chi connectivity index (χ2n) is 12.1. The lowest BCUT2D eigenvalue weighted by molar-refractivity contribution is -0.133. The number of rotatable bonds is 5. The van der Waals surface area contributed by atoms with Crippen LogP contribution in [-0.2, 0) is 10.3 Å². The standard InChI is InChI=1S/C31H32Cl2FN7O2/c1-31(2,3)41-17-22(28(36-41)21-6-4-5-7-23(21)32)29(42)38-13-10-20(11-14-38)39-15-12-27(30(39)43)40-18-26(35-37-40)19-8-9-24(33)25(34)16-19/h4-9,16-18,20,27H,10-15H2,1-3H3. The van der Waals surface area contributed by atoms with Crippen LogP contribution in [0.1, 0.15) is 56.4 Å². The number of halogens is 3. The highest BCUT2D eigenvalue weighted by Gasteiger charge is 2.39. The van der Waals surface area contributed by atoms with Gasteiger partial charge in [-0.2, -0.15) is 5.10 Å². The minimum absolute atomic E-state index is 0.0176. The number of amides is 2. The second-order valence-corrected chi connectivity index (χ2v) is 12.9. The van der Waals surface area contributed by atoms with Gasteiger partial charge in [-0.3, -0.25) is 14.3 Å². The molecule has 224 valence electrons. The summed E-state index contributed by atoms with van der Waals surface area (Å²) < 4.78 is 17.3. The van der Waals surface area contributed by atoms with Gasteiger partial charge in [0.2, 0.25) is 5.91 Å². The highest BCUT2D eigenvalue weighted by atomic mass is 35.5. The minimum Gasteiger partial charge on any atom is -0.338 e. The van der Waals surface area contributed by atoms with Gasteiger partial charge >= 0.3 is 0 Å². The molecule has 0 N–H and O–H groups in total. The monoisotopic (exact) mass is 623 g/mol. The third-order valence-corrected chi connectivity index (χ3v) is 8.85. The topological polar surface area (TPSA) is 89.2 Å². The van der Waals surface area contributed by atoms with Crippen molar-refractivity contribution < 1.29 is 14.0 Å². The molecule has 6 rings (SSSR count). The second kappa shape index (κ2) is 11.4. The lowest BCUT2D eigenvalue weighted by Crippen LogP contribution is -2.47. The first-order chi connectivity index (χ1) is 20.5. The lowest BCUT2D eigenvalue weighted by Gasteiger charge is -2.36. The summed E-state index contributed by atoms with van der Waals surface area (Å²) in [5.74, 6) is -0.649. The van der Waals surface area contributed by atoms with E-state index in [-0.39, 0.29) is 28.4 Å². The van der Waals surface area contributed by atoms with Gasteiger partial charge in [-0.25, -0.2) is 9.07 Å². The fraction of sp³-hybridized carbons (Fsp3) is 0.387. The Kier molecular flexibility index (Phi) is 7.76. The van der Waals surface area contributed by atoms with E-state index in [0.717, 1.165) is 5.56 Å². The van der Waals surface area contributed by atoms with Crippen LogP contribution in [0, 0.1) is 5.82 Å². The molecule has 2 aliphatic heterocycles. The van der Waals surface area contributed by atoms with Crippen LogP contribution in [0.25, 0.3) is 22.5 Å². The maximum atomic E-state index is 13.9. The molecule has 2 aliphatic rings. The van der Waals surface area contributed by atoms with Gasteiger partial charge < -0.3 is 9.80 Å². The van der Waals surface area contributed by atoms with Crippen LogP contribution in [-0.4, -0.2) is 72.1 Å². The maximum absolute atomic E-state index is 13.9. The summed E-state index contributed by atoms with van der Waals surface area (Å²) in [6.07, 6.45) is 5.43. The predicted molar refractivity (Wildman–Crippen MR) is 162 cm³/mol. The quantitative estimate of drug-likeness (QED) is 0.268. The zero-order chi connectivity index (χ0) is 30.5. The van der Waals surface area contributed by atoms with Gasteiger partial charge in [0.1, 0.15) is 23.2 Å². The summed E-state index contributed by atoms with van der Waals surface area (Å²) in [7, 11) is 0. The number of aromatic nitrogens is 5. The van der Waals surface area contributed by atoms with Crippen molar-refractivity contribution in [3.05, 3.63) is 76.3 Å². The molecule has 0 saturated carbocycles. The molecule has 0 aliphatic carbocycles. The van der Waals surface area contributed by atoms with Crippen molar-refractivity contribution in [3.63, 3.8) is 0 Å². The molecule has 43 heavy (non-hydrogen) atoms. The van der Waals surface area contributed by atoms with E-state index in [1.165, 1.54) is 12.1 Å². The molecule has 2 fully saturated rings. The highest BCUT2D eigenvalue weighted by molar-refractivity contribution is 6.33. The van der Waals surface area contributed by atoms with Crippen molar-refractivity contribution in [1.29, 1.82) is 0 Å². The zero-order valence-corrected chi connectivity index (χ0v) is 25.7. The molecule has 1 atom stereocenters. The minimum atomic E-state index is -0.537. The predicted octanol–water partition coefficient (Wildman–Crippen LogP) is 6.09. The van der Waals surface area contributed by atoms with Crippen LogP contribution in [0.4, 0.5) is 4.39 Å². The van der Waals surface area contributed by atoms with Gasteiger partial charge in [-0.15, -0.1) is 5.10 Å². The van der Waals surface area contributed by atoms with Crippen molar-refractivity contribution in [1.82, 2.24) is 34.6 Å². The molecular formula is C31H32Cl2FN7O2. The van der Waals surface area contributed by atoms with E-state index >= 15 is 0 Å². The number of nitrogens with zero attached hydrogens (tertiary/aromatic N) is 7. The Balaban J connectivity index is 1.13.